The first-order chi connectivity index (χ1) is 5.10. The van der Waals surface area contributed by atoms with Crippen molar-refractivity contribution in [2.75, 3.05) is 0 Å². The molecule has 0 aliphatic rings. The topological polar surface area (TPSA) is 134 Å². The zero-order chi connectivity index (χ0) is 9.99. The second-order valence-electron chi connectivity index (χ2n) is 1.76. The number of rotatable bonds is 4. The predicted octanol–water partition coefficient (Wildman–Crippen LogP) is -0.449. The van der Waals surface area contributed by atoms with Crippen LogP contribution in [0.2, 0.25) is 0 Å². The quantitative estimate of drug-likeness (QED) is 0.371. The number of phosphoric acid groups is 2. The lowest BCUT2D eigenvalue weighted by Crippen LogP contribution is -2.09. The third-order valence-electron chi connectivity index (χ3n) is 0.572. The maximum atomic E-state index is 10.1. The van der Waals surface area contributed by atoms with Gasteiger partial charge in [0.05, 0.1) is 0 Å². The molecule has 0 aromatic rings. The zero-order valence-corrected chi connectivity index (χ0v) is 7.68. The van der Waals surface area contributed by atoms with Crippen LogP contribution >= 0.6 is 15.6 Å². The fourth-order valence-corrected chi connectivity index (χ4v) is 1.33. The van der Waals surface area contributed by atoms with Gasteiger partial charge in [-0.1, -0.05) is 0 Å². The Kier molecular flexibility index (Phi) is 4.02. The number of hydrogen-bond acceptors (Lipinski definition) is 4. The van der Waals surface area contributed by atoms with E-state index in [0.29, 0.717) is 0 Å². The van der Waals surface area contributed by atoms with Crippen LogP contribution in [0.25, 0.3) is 0 Å². The minimum absolute atomic E-state index is 0.943. The third-order valence-corrected chi connectivity index (χ3v) is 1.71. The molecule has 12 heavy (non-hydrogen) atoms. The molecule has 0 spiro atoms. The Labute approximate surface area is 67.6 Å². The summed E-state index contributed by atoms with van der Waals surface area (Å²) >= 11 is 0. The van der Waals surface area contributed by atoms with Gasteiger partial charge < -0.3 is 19.6 Å². The van der Waals surface area contributed by atoms with Gasteiger partial charge in [0, 0.05) is 0 Å². The average molecular weight is 222 g/mol. The van der Waals surface area contributed by atoms with Crippen molar-refractivity contribution in [2.24, 2.45) is 0 Å². The minimum Gasteiger partial charge on any atom is -0.303 e. The lowest BCUT2D eigenvalue weighted by Gasteiger charge is -2.14. The predicted molar refractivity (Wildman–Crippen MR) is 35.7 cm³/mol. The summed E-state index contributed by atoms with van der Waals surface area (Å²) < 4.78 is 27.7. The lowest BCUT2D eigenvalue weighted by molar-refractivity contribution is -0.0191. The van der Waals surface area contributed by atoms with E-state index in [-0.39, 0.29) is 0 Å². The Balaban J connectivity index is 4.00. The highest BCUT2D eigenvalue weighted by atomic mass is 31.2. The van der Waals surface area contributed by atoms with E-state index in [1.807, 2.05) is 0 Å². The Morgan fingerprint density at radius 2 is 1.25 bits per heavy atom. The number of hydrogen-bond donors (Lipinski definition) is 4. The molecular formula is C2H8O8P2. The highest BCUT2D eigenvalue weighted by Gasteiger charge is 2.25. The third kappa shape index (κ3) is 8.32. The molecule has 0 heterocycles. The zero-order valence-electron chi connectivity index (χ0n) is 5.89. The van der Waals surface area contributed by atoms with Crippen LogP contribution in [0.1, 0.15) is 6.92 Å². The molecule has 0 aromatic heterocycles. The fourth-order valence-electron chi connectivity index (χ4n) is 0.406. The van der Waals surface area contributed by atoms with E-state index < -0.39 is 21.9 Å². The van der Waals surface area contributed by atoms with Gasteiger partial charge in [0.2, 0.25) is 0 Å². The fraction of sp³-hybridized carbons (Fsp3) is 1.00. The van der Waals surface area contributed by atoms with E-state index in [2.05, 4.69) is 9.05 Å². The van der Waals surface area contributed by atoms with E-state index in [1.165, 1.54) is 0 Å². The van der Waals surface area contributed by atoms with Crippen LogP contribution in [-0.2, 0) is 18.2 Å². The van der Waals surface area contributed by atoms with Crippen LogP contribution in [0.4, 0.5) is 0 Å². The second-order valence-corrected chi connectivity index (χ2v) is 4.14. The molecule has 0 saturated carbocycles. The summed E-state index contributed by atoms with van der Waals surface area (Å²) in [5.41, 5.74) is 0. The van der Waals surface area contributed by atoms with Gasteiger partial charge in [-0.25, -0.2) is 9.13 Å². The van der Waals surface area contributed by atoms with Crippen molar-refractivity contribution in [1.29, 1.82) is 0 Å². The summed E-state index contributed by atoms with van der Waals surface area (Å²) in [6, 6.07) is 0. The summed E-state index contributed by atoms with van der Waals surface area (Å²) in [4.78, 5) is 32.6. The summed E-state index contributed by atoms with van der Waals surface area (Å²) in [7, 11) is -9.55. The van der Waals surface area contributed by atoms with Crippen molar-refractivity contribution in [3.05, 3.63) is 0 Å². The van der Waals surface area contributed by atoms with Crippen molar-refractivity contribution >= 4 is 15.6 Å². The van der Waals surface area contributed by atoms with Crippen LogP contribution in [-0.4, -0.2) is 25.9 Å². The highest BCUT2D eigenvalue weighted by molar-refractivity contribution is 7.47. The van der Waals surface area contributed by atoms with Gasteiger partial charge in [-0.15, -0.1) is 0 Å². The molecule has 10 heteroatoms. The first kappa shape index (κ1) is 12.2. The van der Waals surface area contributed by atoms with Gasteiger partial charge >= 0.3 is 15.6 Å². The minimum atomic E-state index is -4.78. The molecule has 0 aliphatic heterocycles. The first-order valence-corrected chi connectivity index (χ1v) is 5.64. The molecule has 0 unspecified atom stereocenters. The lowest BCUT2D eigenvalue weighted by atomic mass is 10.8. The normalized spacial score (nSPS) is 13.8. The molecule has 0 atom stereocenters. The molecule has 0 rings (SSSR count). The monoisotopic (exact) mass is 222 g/mol. The second kappa shape index (κ2) is 3.95. The van der Waals surface area contributed by atoms with Crippen molar-refractivity contribution < 1.29 is 37.8 Å². The molecule has 0 aromatic carbocycles. The van der Waals surface area contributed by atoms with Gasteiger partial charge in [-0.05, 0) is 6.92 Å². The van der Waals surface area contributed by atoms with Gasteiger partial charge in [-0.2, -0.15) is 0 Å². The van der Waals surface area contributed by atoms with Crippen LogP contribution < -0.4 is 0 Å². The summed E-state index contributed by atoms with van der Waals surface area (Å²) in [5, 5.41) is 0. The maximum Gasteiger partial charge on any atom is 0.471 e. The van der Waals surface area contributed by atoms with Crippen LogP contribution in [0, 0.1) is 0 Å². The molecule has 0 bridgehead atoms. The Morgan fingerprint density at radius 3 is 1.42 bits per heavy atom. The molecule has 8 nitrogen and oxygen atoms in total. The van der Waals surface area contributed by atoms with Gasteiger partial charge in [0.15, 0.2) is 6.29 Å². The van der Waals surface area contributed by atoms with Crippen molar-refractivity contribution in [3.63, 3.8) is 0 Å². The first-order valence-electron chi connectivity index (χ1n) is 2.58. The Bertz CT molecular complexity index is 199. The molecule has 0 aliphatic carbocycles. The highest BCUT2D eigenvalue weighted by Crippen LogP contribution is 2.43. The smallest absolute Gasteiger partial charge is 0.303 e. The molecule has 4 N–H and O–H groups in total. The molecule has 0 radical (unpaired) electrons. The summed E-state index contributed by atoms with van der Waals surface area (Å²) in [5.74, 6) is 0. The van der Waals surface area contributed by atoms with Gasteiger partial charge in [0.1, 0.15) is 0 Å². The molecule has 74 valence electrons. The van der Waals surface area contributed by atoms with Crippen LogP contribution in [0.15, 0.2) is 0 Å². The van der Waals surface area contributed by atoms with Crippen LogP contribution in [0.5, 0.6) is 0 Å². The SMILES string of the molecule is CC(OP(=O)(O)O)OP(=O)(O)O. The van der Waals surface area contributed by atoms with Crippen molar-refractivity contribution in [3.8, 4) is 0 Å². The van der Waals surface area contributed by atoms with Crippen LogP contribution in [0.3, 0.4) is 0 Å². The largest absolute Gasteiger partial charge is 0.471 e. The van der Waals surface area contributed by atoms with E-state index in [1.54, 1.807) is 0 Å². The van der Waals surface area contributed by atoms with E-state index >= 15 is 0 Å². The van der Waals surface area contributed by atoms with Crippen molar-refractivity contribution in [2.45, 2.75) is 13.2 Å². The van der Waals surface area contributed by atoms with Gasteiger partial charge in [0.25, 0.3) is 0 Å². The summed E-state index contributed by atoms with van der Waals surface area (Å²) in [6.07, 6.45) is -1.67. The molecule has 0 fully saturated rings. The standard InChI is InChI=1S/C2H8O8P2/c1-2(9-11(3,4)5)10-12(6,7)8/h2H,1H3,(H2,3,4,5)(H2,6,7,8). The Hall–Kier alpha value is 0.220. The van der Waals surface area contributed by atoms with Crippen molar-refractivity contribution in [1.82, 2.24) is 0 Å². The Morgan fingerprint density at radius 1 is 1.00 bits per heavy atom. The maximum absolute atomic E-state index is 10.1. The molecule has 0 saturated heterocycles. The average Bonchev–Trinajstić information content (AvgIpc) is 1.49. The molecular weight excluding hydrogens is 214 g/mol. The van der Waals surface area contributed by atoms with Gasteiger partial charge in [-0.3, -0.25) is 9.05 Å². The van der Waals surface area contributed by atoms with E-state index in [4.69, 9.17) is 19.6 Å². The number of phosphoric ester groups is 2. The summed E-state index contributed by atoms with van der Waals surface area (Å²) in [6.45, 7) is 0.943. The molecule has 0 amide bonds. The van der Waals surface area contributed by atoms with E-state index in [0.717, 1.165) is 6.92 Å². The van der Waals surface area contributed by atoms with E-state index in [9.17, 15) is 9.13 Å².